The van der Waals surface area contributed by atoms with Crippen LogP contribution in [0.2, 0.25) is 5.02 Å². The van der Waals surface area contributed by atoms with Crippen LogP contribution in [0.3, 0.4) is 0 Å². The van der Waals surface area contributed by atoms with Crippen molar-refractivity contribution in [3.63, 3.8) is 0 Å². The zero-order chi connectivity index (χ0) is 20.3. The van der Waals surface area contributed by atoms with Gasteiger partial charge in [0.25, 0.3) is 11.6 Å². The van der Waals surface area contributed by atoms with Crippen molar-refractivity contribution in [3.05, 3.63) is 74.9 Å². The van der Waals surface area contributed by atoms with Crippen molar-refractivity contribution in [2.75, 3.05) is 7.11 Å². The first kappa shape index (κ1) is 19.4. The first-order chi connectivity index (χ1) is 13.4. The topological polar surface area (TPSA) is 114 Å². The standard InChI is InChI=1S/C19H16ClN3O5/c1-28-19(25)16(8-12-10-21-15-5-3-2-4-13(12)15)22-18(24)11-6-7-14(20)17(9-11)23(26)27/h2-7,9-10,16,21H,8H2,1H3,(H,22,24)/t16-/m1/s1. The highest BCUT2D eigenvalue weighted by atomic mass is 35.5. The average molecular weight is 402 g/mol. The number of aromatic nitrogens is 1. The number of nitrogens with zero attached hydrogens (tertiary/aromatic N) is 1. The predicted octanol–water partition coefficient (Wildman–Crippen LogP) is 3.24. The molecule has 1 heterocycles. The number of methoxy groups -OCH3 is 1. The first-order valence-electron chi connectivity index (χ1n) is 8.28. The van der Waals surface area contributed by atoms with Gasteiger partial charge in [0, 0.05) is 35.2 Å². The molecular weight excluding hydrogens is 386 g/mol. The number of H-pyrrole nitrogens is 1. The number of aromatic amines is 1. The molecule has 2 aromatic carbocycles. The van der Waals surface area contributed by atoms with Gasteiger partial charge in [-0.15, -0.1) is 0 Å². The van der Waals surface area contributed by atoms with Crippen molar-refractivity contribution in [2.24, 2.45) is 0 Å². The third-order valence-corrected chi connectivity index (χ3v) is 4.61. The fraction of sp³-hybridized carbons (Fsp3) is 0.158. The largest absolute Gasteiger partial charge is 0.467 e. The minimum Gasteiger partial charge on any atom is -0.467 e. The highest BCUT2D eigenvalue weighted by Crippen LogP contribution is 2.25. The van der Waals surface area contributed by atoms with Gasteiger partial charge in [-0.25, -0.2) is 4.79 Å². The average Bonchev–Trinajstić information content (AvgIpc) is 3.09. The van der Waals surface area contributed by atoms with Crippen LogP contribution < -0.4 is 5.32 Å². The number of nitro benzene ring substituents is 1. The SMILES string of the molecule is COC(=O)[C@@H](Cc1c[nH]c2ccccc12)NC(=O)c1ccc(Cl)c([N+](=O)[O-])c1. The van der Waals surface area contributed by atoms with Crippen LogP contribution >= 0.6 is 11.6 Å². The monoisotopic (exact) mass is 401 g/mol. The Balaban J connectivity index is 1.85. The summed E-state index contributed by atoms with van der Waals surface area (Å²) in [5.41, 5.74) is 1.36. The molecule has 0 bridgehead atoms. The van der Waals surface area contributed by atoms with E-state index < -0.39 is 22.8 Å². The molecule has 0 saturated heterocycles. The number of hydrogen-bond acceptors (Lipinski definition) is 5. The lowest BCUT2D eigenvalue weighted by Crippen LogP contribution is -2.43. The number of fused-ring (bicyclic) bond motifs is 1. The lowest BCUT2D eigenvalue weighted by atomic mass is 10.0. The van der Waals surface area contributed by atoms with Gasteiger partial charge in [-0.3, -0.25) is 14.9 Å². The minimum absolute atomic E-state index is 0.0175. The number of carbonyl (C=O) groups is 2. The molecule has 0 unspecified atom stereocenters. The number of nitro groups is 1. The van der Waals surface area contributed by atoms with Gasteiger partial charge in [-0.1, -0.05) is 29.8 Å². The second-order valence-electron chi connectivity index (χ2n) is 6.04. The van der Waals surface area contributed by atoms with Crippen LogP contribution in [0.5, 0.6) is 0 Å². The van der Waals surface area contributed by atoms with Gasteiger partial charge in [-0.05, 0) is 23.8 Å². The summed E-state index contributed by atoms with van der Waals surface area (Å²) < 4.78 is 4.80. The highest BCUT2D eigenvalue weighted by molar-refractivity contribution is 6.32. The molecule has 1 atom stereocenters. The zero-order valence-corrected chi connectivity index (χ0v) is 15.5. The Kier molecular flexibility index (Phi) is 5.60. The number of hydrogen-bond donors (Lipinski definition) is 2. The maximum Gasteiger partial charge on any atom is 0.328 e. The molecule has 3 aromatic rings. The second kappa shape index (κ2) is 8.10. The fourth-order valence-electron chi connectivity index (χ4n) is 2.89. The Morgan fingerprint density at radius 3 is 2.75 bits per heavy atom. The summed E-state index contributed by atoms with van der Waals surface area (Å²) in [6.07, 6.45) is 1.96. The van der Waals surface area contributed by atoms with Crippen LogP contribution in [0.4, 0.5) is 5.69 Å². The van der Waals surface area contributed by atoms with Crippen molar-refractivity contribution in [2.45, 2.75) is 12.5 Å². The van der Waals surface area contributed by atoms with E-state index in [1.54, 1.807) is 6.20 Å². The lowest BCUT2D eigenvalue weighted by Gasteiger charge is -2.16. The quantitative estimate of drug-likeness (QED) is 0.374. The van der Waals surface area contributed by atoms with Crippen LogP contribution in [-0.2, 0) is 16.0 Å². The van der Waals surface area contributed by atoms with Crippen LogP contribution in [0.15, 0.2) is 48.7 Å². The van der Waals surface area contributed by atoms with E-state index in [1.807, 2.05) is 24.3 Å². The van der Waals surface area contributed by atoms with Crippen molar-refractivity contribution < 1.29 is 19.2 Å². The van der Waals surface area contributed by atoms with Crippen molar-refractivity contribution in [3.8, 4) is 0 Å². The second-order valence-corrected chi connectivity index (χ2v) is 6.44. The normalized spacial score (nSPS) is 11.8. The smallest absolute Gasteiger partial charge is 0.328 e. The van der Waals surface area contributed by atoms with E-state index in [-0.39, 0.29) is 22.7 Å². The molecule has 144 valence electrons. The Hall–Kier alpha value is -3.39. The summed E-state index contributed by atoms with van der Waals surface area (Å²) in [5, 5.41) is 14.4. The maximum absolute atomic E-state index is 12.6. The molecule has 3 rings (SSSR count). The third kappa shape index (κ3) is 3.96. The molecule has 8 nitrogen and oxygen atoms in total. The van der Waals surface area contributed by atoms with Crippen LogP contribution in [-0.4, -0.2) is 34.9 Å². The Labute approximate surface area is 164 Å². The molecule has 28 heavy (non-hydrogen) atoms. The molecule has 0 aliphatic carbocycles. The van der Waals surface area contributed by atoms with Gasteiger partial charge < -0.3 is 15.0 Å². The number of rotatable bonds is 6. The van der Waals surface area contributed by atoms with Gasteiger partial charge in [0.15, 0.2) is 0 Å². The number of amides is 1. The summed E-state index contributed by atoms with van der Waals surface area (Å²) in [6.45, 7) is 0. The molecule has 0 radical (unpaired) electrons. The Morgan fingerprint density at radius 1 is 1.29 bits per heavy atom. The number of para-hydroxylation sites is 1. The summed E-state index contributed by atoms with van der Waals surface area (Å²) in [5.74, 6) is -1.27. The highest BCUT2D eigenvalue weighted by Gasteiger charge is 2.25. The van der Waals surface area contributed by atoms with E-state index in [0.29, 0.717) is 0 Å². The van der Waals surface area contributed by atoms with Gasteiger partial charge in [0.05, 0.1) is 12.0 Å². The van der Waals surface area contributed by atoms with Crippen LogP contribution in [0, 0.1) is 10.1 Å². The number of carbonyl (C=O) groups excluding carboxylic acids is 2. The van der Waals surface area contributed by atoms with Crippen molar-refractivity contribution in [1.29, 1.82) is 0 Å². The van der Waals surface area contributed by atoms with E-state index in [2.05, 4.69) is 10.3 Å². The molecule has 2 N–H and O–H groups in total. The summed E-state index contributed by atoms with van der Waals surface area (Å²) in [4.78, 5) is 38.2. The van der Waals surface area contributed by atoms with E-state index in [1.165, 1.54) is 19.2 Å². The van der Waals surface area contributed by atoms with Gasteiger partial charge in [0.2, 0.25) is 0 Å². The maximum atomic E-state index is 12.6. The number of ether oxygens (including phenoxy) is 1. The van der Waals surface area contributed by atoms with E-state index >= 15 is 0 Å². The molecule has 0 saturated carbocycles. The van der Waals surface area contributed by atoms with E-state index in [4.69, 9.17) is 16.3 Å². The first-order valence-corrected chi connectivity index (χ1v) is 8.66. The lowest BCUT2D eigenvalue weighted by molar-refractivity contribution is -0.384. The molecule has 0 fully saturated rings. The zero-order valence-electron chi connectivity index (χ0n) is 14.8. The van der Waals surface area contributed by atoms with Crippen molar-refractivity contribution >= 4 is 40.1 Å². The number of nitrogens with one attached hydrogen (secondary N) is 2. The molecule has 1 amide bonds. The Bertz CT molecular complexity index is 1060. The van der Waals surface area contributed by atoms with Crippen LogP contribution in [0.25, 0.3) is 10.9 Å². The molecular formula is C19H16ClN3O5. The molecule has 0 spiro atoms. The molecule has 0 aliphatic rings. The molecule has 9 heteroatoms. The Morgan fingerprint density at radius 2 is 2.04 bits per heavy atom. The number of esters is 1. The van der Waals surface area contributed by atoms with Gasteiger partial charge in [-0.2, -0.15) is 0 Å². The molecule has 0 aliphatic heterocycles. The predicted molar refractivity (Wildman–Crippen MR) is 103 cm³/mol. The van der Waals surface area contributed by atoms with Gasteiger partial charge >= 0.3 is 5.97 Å². The van der Waals surface area contributed by atoms with Crippen LogP contribution in [0.1, 0.15) is 15.9 Å². The third-order valence-electron chi connectivity index (χ3n) is 4.30. The summed E-state index contributed by atoms with van der Waals surface area (Å²) >= 11 is 5.77. The summed E-state index contributed by atoms with van der Waals surface area (Å²) in [6, 6.07) is 10.3. The van der Waals surface area contributed by atoms with E-state index in [9.17, 15) is 19.7 Å². The number of benzene rings is 2. The van der Waals surface area contributed by atoms with Crippen molar-refractivity contribution in [1.82, 2.24) is 10.3 Å². The van der Waals surface area contributed by atoms with Gasteiger partial charge in [0.1, 0.15) is 11.1 Å². The molecule has 1 aromatic heterocycles. The summed E-state index contributed by atoms with van der Waals surface area (Å²) in [7, 11) is 1.23. The number of halogens is 1. The van der Waals surface area contributed by atoms with E-state index in [0.717, 1.165) is 22.5 Å². The minimum atomic E-state index is -0.966. The fourth-order valence-corrected chi connectivity index (χ4v) is 3.08.